The predicted octanol–water partition coefficient (Wildman–Crippen LogP) is 1.62. The third-order valence-corrected chi connectivity index (χ3v) is 5.44. The summed E-state index contributed by atoms with van der Waals surface area (Å²) < 4.78 is 10.0. The molecule has 1 saturated carbocycles. The SMILES string of the molecule is CNC1(C(=O)OC)CCC(Sc2nc(C)ns2)C1. The second-order valence-electron chi connectivity index (χ2n) is 4.41. The molecule has 1 N–H and O–H groups in total. The van der Waals surface area contributed by atoms with Crippen molar-refractivity contribution in [3.63, 3.8) is 0 Å². The van der Waals surface area contributed by atoms with E-state index in [1.807, 2.05) is 14.0 Å². The van der Waals surface area contributed by atoms with E-state index >= 15 is 0 Å². The van der Waals surface area contributed by atoms with Gasteiger partial charge < -0.3 is 10.1 Å². The van der Waals surface area contributed by atoms with Crippen molar-refractivity contribution in [3.05, 3.63) is 5.82 Å². The van der Waals surface area contributed by atoms with E-state index in [4.69, 9.17) is 4.74 Å². The van der Waals surface area contributed by atoms with Gasteiger partial charge in [0.2, 0.25) is 0 Å². The smallest absolute Gasteiger partial charge is 0.326 e. The molecule has 5 nitrogen and oxygen atoms in total. The van der Waals surface area contributed by atoms with Crippen LogP contribution in [0.15, 0.2) is 4.34 Å². The Kier molecular flexibility index (Phi) is 4.24. The van der Waals surface area contributed by atoms with Crippen LogP contribution in [0.3, 0.4) is 0 Å². The molecule has 0 radical (unpaired) electrons. The van der Waals surface area contributed by atoms with Crippen molar-refractivity contribution < 1.29 is 9.53 Å². The predicted molar refractivity (Wildman–Crippen MR) is 71.9 cm³/mol. The third-order valence-electron chi connectivity index (χ3n) is 3.30. The van der Waals surface area contributed by atoms with E-state index in [1.54, 1.807) is 11.8 Å². The molecule has 1 aliphatic rings. The topological polar surface area (TPSA) is 64.1 Å². The fourth-order valence-electron chi connectivity index (χ4n) is 2.28. The number of methoxy groups -OCH3 is 1. The molecule has 2 atom stereocenters. The first-order valence-electron chi connectivity index (χ1n) is 5.84. The highest BCUT2D eigenvalue weighted by molar-refractivity contribution is 8.01. The first kappa shape index (κ1) is 13.8. The Labute approximate surface area is 115 Å². The summed E-state index contributed by atoms with van der Waals surface area (Å²) in [6.07, 6.45) is 2.57. The van der Waals surface area contributed by atoms with Crippen molar-refractivity contribution >= 4 is 29.3 Å². The highest BCUT2D eigenvalue weighted by Gasteiger charge is 2.45. The first-order chi connectivity index (χ1) is 8.59. The number of likely N-dealkylation sites (N-methyl/N-ethyl adjacent to an activating group) is 1. The molecule has 18 heavy (non-hydrogen) atoms. The van der Waals surface area contributed by atoms with Gasteiger partial charge in [0.15, 0.2) is 4.34 Å². The summed E-state index contributed by atoms with van der Waals surface area (Å²) in [5.74, 6) is 0.648. The standard InChI is InChI=1S/C11H17N3O2S2/c1-7-13-10(18-14-7)17-8-4-5-11(6-8,12-2)9(15)16-3/h8,12H,4-6H2,1-3H3. The molecule has 0 saturated heterocycles. The van der Waals surface area contributed by atoms with Crippen LogP contribution in [0.2, 0.25) is 0 Å². The molecule has 0 amide bonds. The van der Waals surface area contributed by atoms with Crippen LogP contribution in [0, 0.1) is 6.92 Å². The average Bonchev–Trinajstić information content (AvgIpc) is 2.96. The number of carbonyl (C=O) groups is 1. The number of aryl methyl sites for hydroxylation is 1. The average molecular weight is 287 g/mol. The van der Waals surface area contributed by atoms with E-state index in [0.717, 1.165) is 29.4 Å². The molecule has 0 bridgehead atoms. The van der Waals surface area contributed by atoms with Gasteiger partial charge in [-0.25, -0.2) is 4.98 Å². The van der Waals surface area contributed by atoms with Crippen molar-refractivity contribution in [2.75, 3.05) is 14.2 Å². The van der Waals surface area contributed by atoms with E-state index in [0.29, 0.717) is 5.25 Å². The van der Waals surface area contributed by atoms with Crippen molar-refractivity contribution in [2.24, 2.45) is 0 Å². The molecule has 7 heteroatoms. The Balaban J connectivity index is 2.01. The summed E-state index contributed by atoms with van der Waals surface area (Å²) in [7, 11) is 3.26. The molecule has 0 aromatic carbocycles. The van der Waals surface area contributed by atoms with Gasteiger partial charge in [0.25, 0.3) is 0 Å². The lowest BCUT2D eigenvalue weighted by atomic mass is 9.98. The number of carbonyl (C=O) groups excluding carboxylic acids is 1. The first-order valence-corrected chi connectivity index (χ1v) is 7.49. The van der Waals surface area contributed by atoms with Gasteiger partial charge in [-0.05, 0) is 44.8 Å². The lowest BCUT2D eigenvalue weighted by Crippen LogP contribution is -2.49. The summed E-state index contributed by atoms with van der Waals surface area (Å²) in [6, 6.07) is 0. The van der Waals surface area contributed by atoms with E-state index in [9.17, 15) is 4.79 Å². The number of esters is 1. The number of nitrogens with one attached hydrogen (secondary N) is 1. The van der Waals surface area contributed by atoms with Gasteiger partial charge in [-0.1, -0.05) is 11.8 Å². The van der Waals surface area contributed by atoms with E-state index in [2.05, 4.69) is 14.7 Å². The molecule has 2 unspecified atom stereocenters. The fourth-order valence-corrected chi connectivity index (χ4v) is 4.47. The van der Waals surface area contributed by atoms with Crippen molar-refractivity contribution in [3.8, 4) is 0 Å². The van der Waals surface area contributed by atoms with E-state index in [-0.39, 0.29) is 5.97 Å². The van der Waals surface area contributed by atoms with Gasteiger partial charge in [-0.15, -0.1) is 0 Å². The van der Waals surface area contributed by atoms with Gasteiger partial charge in [0, 0.05) is 5.25 Å². The largest absolute Gasteiger partial charge is 0.468 e. The van der Waals surface area contributed by atoms with Gasteiger partial charge >= 0.3 is 5.97 Å². The number of ether oxygens (including phenoxy) is 1. The number of rotatable bonds is 4. The van der Waals surface area contributed by atoms with E-state index in [1.165, 1.54) is 18.6 Å². The lowest BCUT2D eigenvalue weighted by molar-refractivity contribution is -0.148. The van der Waals surface area contributed by atoms with Crippen LogP contribution in [-0.4, -0.2) is 40.3 Å². The maximum Gasteiger partial charge on any atom is 0.326 e. The Morgan fingerprint density at radius 3 is 3.00 bits per heavy atom. The summed E-state index contributed by atoms with van der Waals surface area (Å²) in [5, 5.41) is 3.52. The Hall–Kier alpha value is -0.660. The minimum absolute atomic E-state index is 0.165. The van der Waals surface area contributed by atoms with Crippen LogP contribution in [-0.2, 0) is 9.53 Å². The van der Waals surface area contributed by atoms with Crippen molar-refractivity contribution in [1.29, 1.82) is 0 Å². The summed E-state index contributed by atoms with van der Waals surface area (Å²) in [5.41, 5.74) is -0.522. The molecular weight excluding hydrogens is 270 g/mol. The van der Waals surface area contributed by atoms with Gasteiger partial charge in [-0.3, -0.25) is 4.79 Å². The quantitative estimate of drug-likeness (QED) is 0.849. The number of aromatic nitrogens is 2. The Morgan fingerprint density at radius 1 is 1.67 bits per heavy atom. The maximum atomic E-state index is 11.8. The van der Waals surface area contributed by atoms with E-state index < -0.39 is 5.54 Å². The highest BCUT2D eigenvalue weighted by Crippen LogP contribution is 2.41. The molecule has 2 rings (SSSR count). The Morgan fingerprint density at radius 2 is 2.44 bits per heavy atom. The van der Waals surface area contributed by atoms with Crippen molar-refractivity contribution in [1.82, 2.24) is 14.7 Å². The monoisotopic (exact) mass is 287 g/mol. The van der Waals surface area contributed by atoms with Crippen LogP contribution < -0.4 is 5.32 Å². The van der Waals surface area contributed by atoms with Crippen LogP contribution in [0.1, 0.15) is 25.1 Å². The third kappa shape index (κ3) is 2.67. The minimum Gasteiger partial charge on any atom is -0.468 e. The maximum absolute atomic E-state index is 11.8. The van der Waals surface area contributed by atoms with Gasteiger partial charge in [-0.2, -0.15) is 4.37 Å². The molecule has 1 aromatic rings. The second kappa shape index (κ2) is 5.54. The zero-order valence-electron chi connectivity index (χ0n) is 10.7. The molecule has 0 spiro atoms. The fraction of sp³-hybridized carbons (Fsp3) is 0.727. The van der Waals surface area contributed by atoms with Gasteiger partial charge in [0.05, 0.1) is 7.11 Å². The number of hydrogen-bond donors (Lipinski definition) is 1. The highest BCUT2D eigenvalue weighted by atomic mass is 32.2. The molecule has 1 fully saturated rings. The summed E-state index contributed by atoms with van der Waals surface area (Å²) in [6.45, 7) is 1.89. The lowest BCUT2D eigenvalue weighted by Gasteiger charge is -2.25. The normalized spacial score (nSPS) is 27.4. The van der Waals surface area contributed by atoms with Gasteiger partial charge in [0.1, 0.15) is 11.4 Å². The van der Waals surface area contributed by atoms with Crippen LogP contribution in [0.5, 0.6) is 0 Å². The number of hydrogen-bond acceptors (Lipinski definition) is 7. The Bertz CT molecular complexity index is 438. The molecule has 0 aliphatic heterocycles. The molecule has 1 aliphatic carbocycles. The van der Waals surface area contributed by atoms with Crippen LogP contribution in [0.4, 0.5) is 0 Å². The van der Waals surface area contributed by atoms with Crippen molar-refractivity contribution in [2.45, 2.75) is 41.3 Å². The van der Waals surface area contributed by atoms with Crippen LogP contribution >= 0.6 is 23.3 Å². The number of thioether (sulfide) groups is 1. The molecule has 100 valence electrons. The molecule has 1 heterocycles. The molecular formula is C11H17N3O2S2. The molecule has 1 aromatic heterocycles. The minimum atomic E-state index is -0.522. The zero-order valence-corrected chi connectivity index (χ0v) is 12.4. The van der Waals surface area contributed by atoms with Crippen LogP contribution in [0.25, 0.3) is 0 Å². The summed E-state index contributed by atoms with van der Waals surface area (Å²) >= 11 is 3.14. The second-order valence-corrected chi connectivity index (χ2v) is 6.71. The summed E-state index contributed by atoms with van der Waals surface area (Å²) in [4.78, 5) is 16.2. The number of nitrogens with zero attached hydrogens (tertiary/aromatic N) is 2. The zero-order chi connectivity index (χ0) is 13.2.